The average molecular weight is 245 g/mol. The van der Waals surface area contributed by atoms with E-state index in [1.54, 1.807) is 18.4 Å². The van der Waals surface area contributed by atoms with E-state index in [0.29, 0.717) is 0 Å². The van der Waals surface area contributed by atoms with Crippen LogP contribution in [0.3, 0.4) is 0 Å². The molecule has 0 saturated heterocycles. The molecular weight excluding hydrogens is 230 g/mol. The number of fused-ring (bicyclic) bond motifs is 1. The first-order chi connectivity index (χ1) is 8.40. The molecule has 88 valence electrons. The summed E-state index contributed by atoms with van der Waals surface area (Å²) >= 11 is 1.71. The first-order valence-corrected chi connectivity index (χ1v) is 6.87. The van der Waals surface area contributed by atoms with Gasteiger partial charge in [0.15, 0.2) is 0 Å². The van der Waals surface area contributed by atoms with Gasteiger partial charge in [-0.1, -0.05) is 6.08 Å². The summed E-state index contributed by atoms with van der Waals surface area (Å²) in [6.07, 6.45) is 7.41. The molecule has 0 bridgehead atoms. The Bertz CT molecular complexity index is 571. The topological polar surface area (TPSA) is 22.1 Å². The van der Waals surface area contributed by atoms with Crippen molar-refractivity contribution in [3.05, 3.63) is 29.3 Å². The van der Waals surface area contributed by atoms with Crippen molar-refractivity contribution in [2.24, 2.45) is 0 Å². The normalized spacial score (nSPS) is 15.9. The maximum absolute atomic E-state index is 5.35. The van der Waals surface area contributed by atoms with Crippen LogP contribution in [0.25, 0.3) is 15.8 Å². The van der Waals surface area contributed by atoms with Gasteiger partial charge in [-0.2, -0.15) is 0 Å². The summed E-state index contributed by atoms with van der Waals surface area (Å²) in [4.78, 5) is 4.41. The fourth-order valence-corrected chi connectivity index (χ4v) is 3.28. The molecule has 0 radical (unpaired) electrons. The molecule has 1 aromatic heterocycles. The largest absolute Gasteiger partial charge is 0.494 e. The van der Waals surface area contributed by atoms with Gasteiger partial charge in [0.25, 0.3) is 0 Å². The van der Waals surface area contributed by atoms with Crippen LogP contribution in [0, 0.1) is 0 Å². The first kappa shape index (κ1) is 10.8. The smallest absolute Gasteiger partial charge is 0.146 e. The van der Waals surface area contributed by atoms with Crippen LogP contribution in [0.2, 0.25) is 0 Å². The molecule has 2 nitrogen and oxygen atoms in total. The van der Waals surface area contributed by atoms with Crippen molar-refractivity contribution in [1.29, 1.82) is 0 Å². The molecule has 1 aliphatic carbocycles. The minimum Gasteiger partial charge on any atom is -0.494 e. The molecule has 0 atom stereocenters. The molecule has 1 aliphatic rings. The van der Waals surface area contributed by atoms with Gasteiger partial charge in [0.05, 0.1) is 17.3 Å². The summed E-state index contributed by atoms with van der Waals surface area (Å²) < 4.78 is 6.61. The highest BCUT2D eigenvalue weighted by atomic mass is 32.1. The highest BCUT2D eigenvalue weighted by Gasteiger charge is 2.13. The molecule has 0 spiro atoms. The van der Waals surface area contributed by atoms with Crippen LogP contribution in [0.15, 0.2) is 23.7 Å². The Balaban J connectivity index is 2.17. The van der Waals surface area contributed by atoms with E-state index in [9.17, 15) is 0 Å². The van der Waals surface area contributed by atoms with Crippen molar-refractivity contribution in [3.63, 3.8) is 0 Å². The van der Waals surface area contributed by atoms with Crippen LogP contribution < -0.4 is 4.74 Å². The van der Waals surface area contributed by atoms with Gasteiger partial charge in [-0.3, -0.25) is 0 Å². The monoisotopic (exact) mass is 245 g/mol. The molecule has 3 heteroatoms. The van der Waals surface area contributed by atoms with E-state index in [0.717, 1.165) is 11.3 Å². The highest BCUT2D eigenvalue weighted by molar-refractivity contribution is 7.17. The zero-order chi connectivity index (χ0) is 11.7. The van der Waals surface area contributed by atoms with Crippen LogP contribution in [-0.2, 0) is 0 Å². The lowest BCUT2D eigenvalue weighted by atomic mass is 9.93. The summed E-state index contributed by atoms with van der Waals surface area (Å²) in [5.41, 5.74) is 5.73. The maximum Gasteiger partial charge on any atom is 0.146 e. The van der Waals surface area contributed by atoms with Gasteiger partial charge in [-0.15, -0.1) is 11.3 Å². The number of rotatable bonds is 2. The first-order valence-electron chi connectivity index (χ1n) is 6.00. The number of hydrogen-bond donors (Lipinski definition) is 0. The highest BCUT2D eigenvalue weighted by Crippen LogP contribution is 2.37. The third-order valence-electron chi connectivity index (χ3n) is 3.30. The van der Waals surface area contributed by atoms with Crippen molar-refractivity contribution < 1.29 is 4.74 Å². The zero-order valence-corrected chi connectivity index (χ0v) is 10.7. The Labute approximate surface area is 105 Å². The molecule has 1 heterocycles. The van der Waals surface area contributed by atoms with Gasteiger partial charge >= 0.3 is 0 Å². The number of ether oxygens (including phenoxy) is 1. The Morgan fingerprint density at radius 2 is 2.24 bits per heavy atom. The molecular formula is C14H15NOS. The predicted octanol–water partition coefficient (Wildman–Crippen LogP) is 4.26. The standard InChI is InChI=1S/C14H15NOS/c1-16-12-8-7-11(10-5-3-2-4-6-10)14-13(12)15-9-17-14/h5,7-9H,2-4,6H2,1H3. The fourth-order valence-electron chi connectivity index (χ4n) is 2.43. The molecule has 2 aromatic rings. The number of hydrogen-bond acceptors (Lipinski definition) is 3. The zero-order valence-electron chi connectivity index (χ0n) is 9.90. The minimum atomic E-state index is 0.876. The Morgan fingerprint density at radius 3 is 3.00 bits per heavy atom. The summed E-state index contributed by atoms with van der Waals surface area (Å²) in [6.45, 7) is 0. The predicted molar refractivity (Wildman–Crippen MR) is 72.6 cm³/mol. The number of nitrogens with zero attached hydrogens (tertiary/aromatic N) is 1. The van der Waals surface area contributed by atoms with E-state index in [1.807, 2.05) is 11.6 Å². The van der Waals surface area contributed by atoms with Crippen molar-refractivity contribution in [1.82, 2.24) is 4.98 Å². The van der Waals surface area contributed by atoms with E-state index in [2.05, 4.69) is 17.1 Å². The lowest BCUT2D eigenvalue weighted by Crippen LogP contribution is -1.93. The van der Waals surface area contributed by atoms with Crippen LogP contribution in [0.5, 0.6) is 5.75 Å². The summed E-state index contributed by atoms with van der Waals surface area (Å²) in [6, 6.07) is 4.21. The van der Waals surface area contributed by atoms with E-state index < -0.39 is 0 Å². The van der Waals surface area contributed by atoms with E-state index in [-0.39, 0.29) is 0 Å². The fraction of sp³-hybridized carbons (Fsp3) is 0.357. The third kappa shape index (κ3) is 1.84. The van der Waals surface area contributed by atoms with Gasteiger partial charge in [-0.05, 0) is 49.0 Å². The molecule has 0 unspecified atom stereocenters. The molecule has 0 fully saturated rings. The maximum atomic E-state index is 5.35. The van der Waals surface area contributed by atoms with Crippen LogP contribution >= 0.6 is 11.3 Å². The van der Waals surface area contributed by atoms with Crippen LogP contribution in [0.1, 0.15) is 31.2 Å². The van der Waals surface area contributed by atoms with E-state index >= 15 is 0 Å². The molecule has 0 saturated carbocycles. The number of aromatic nitrogens is 1. The summed E-state index contributed by atoms with van der Waals surface area (Å²) in [5.74, 6) is 0.876. The lowest BCUT2D eigenvalue weighted by molar-refractivity contribution is 0.419. The van der Waals surface area contributed by atoms with Crippen LogP contribution in [-0.4, -0.2) is 12.1 Å². The summed E-state index contributed by atoms with van der Waals surface area (Å²) in [5, 5.41) is 0. The quantitative estimate of drug-likeness (QED) is 0.788. The summed E-state index contributed by atoms with van der Waals surface area (Å²) in [7, 11) is 1.70. The van der Waals surface area contributed by atoms with Gasteiger partial charge in [0.1, 0.15) is 11.3 Å². The lowest BCUT2D eigenvalue weighted by Gasteiger charge is -2.14. The van der Waals surface area contributed by atoms with Crippen molar-refractivity contribution in [2.45, 2.75) is 25.7 Å². The van der Waals surface area contributed by atoms with Gasteiger partial charge in [-0.25, -0.2) is 4.98 Å². The van der Waals surface area contributed by atoms with Crippen molar-refractivity contribution in [2.75, 3.05) is 7.11 Å². The second-order valence-electron chi connectivity index (χ2n) is 4.32. The second-order valence-corrected chi connectivity index (χ2v) is 5.18. The molecule has 0 aliphatic heterocycles. The third-order valence-corrected chi connectivity index (χ3v) is 4.16. The number of allylic oxidation sites excluding steroid dienone is 2. The average Bonchev–Trinajstić information content (AvgIpc) is 2.88. The van der Waals surface area contributed by atoms with E-state index in [1.165, 1.54) is 41.5 Å². The van der Waals surface area contributed by atoms with Crippen LogP contribution in [0.4, 0.5) is 0 Å². The van der Waals surface area contributed by atoms with Gasteiger partial charge in [0, 0.05) is 0 Å². The molecule has 17 heavy (non-hydrogen) atoms. The Kier molecular flexibility index (Phi) is 2.85. The molecule has 0 N–H and O–H groups in total. The van der Waals surface area contributed by atoms with Crippen molar-refractivity contribution >= 4 is 27.1 Å². The minimum absolute atomic E-state index is 0.876. The SMILES string of the molecule is COc1ccc(C2=CCCCC2)c2scnc12. The number of benzene rings is 1. The molecule has 0 amide bonds. The van der Waals surface area contributed by atoms with Gasteiger partial charge in [0.2, 0.25) is 0 Å². The van der Waals surface area contributed by atoms with Gasteiger partial charge < -0.3 is 4.74 Å². The number of thiazole rings is 1. The van der Waals surface area contributed by atoms with Crippen molar-refractivity contribution in [3.8, 4) is 5.75 Å². The Morgan fingerprint density at radius 1 is 1.29 bits per heavy atom. The second kappa shape index (κ2) is 4.49. The molecule has 1 aromatic carbocycles. The van der Waals surface area contributed by atoms with E-state index in [4.69, 9.17) is 4.74 Å². The molecule has 3 rings (SSSR count). The Hall–Kier alpha value is -1.35. The number of methoxy groups -OCH3 is 1.